The van der Waals surface area contributed by atoms with Crippen molar-refractivity contribution < 1.29 is 19.4 Å². The molecule has 24 heavy (non-hydrogen) atoms. The third kappa shape index (κ3) is 3.47. The van der Waals surface area contributed by atoms with E-state index in [0.717, 1.165) is 0 Å². The standard InChI is InChI=1S/C15H15Cl2N3O4/c1-15(2,14(22)23)20-7-8(6-18-20)19-13(21)9-4-10(16)11(17)5-12(9)24-3/h4-7H,1-3H3,(H,19,21)(H,22,23). The Hall–Kier alpha value is -2.25. The van der Waals surface area contributed by atoms with Crippen molar-refractivity contribution in [3.05, 3.63) is 40.1 Å². The third-order valence-corrected chi connectivity index (χ3v) is 4.15. The predicted molar refractivity (Wildman–Crippen MR) is 90.2 cm³/mol. The molecule has 0 spiro atoms. The smallest absolute Gasteiger partial charge is 0.331 e. The lowest BCUT2D eigenvalue weighted by atomic mass is 10.1. The summed E-state index contributed by atoms with van der Waals surface area (Å²) >= 11 is 11.8. The van der Waals surface area contributed by atoms with Crippen LogP contribution >= 0.6 is 23.2 Å². The van der Waals surface area contributed by atoms with E-state index in [2.05, 4.69) is 10.4 Å². The summed E-state index contributed by atoms with van der Waals surface area (Å²) in [5.41, 5.74) is -0.718. The molecule has 2 N–H and O–H groups in total. The van der Waals surface area contributed by atoms with Crippen molar-refractivity contribution in [3.8, 4) is 5.75 Å². The molecule has 1 aromatic carbocycles. The molecule has 0 radical (unpaired) electrons. The second-order valence-corrected chi connectivity index (χ2v) is 6.27. The lowest BCUT2D eigenvalue weighted by Crippen LogP contribution is -2.35. The quantitative estimate of drug-likeness (QED) is 0.840. The fraction of sp³-hybridized carbons (Fsp3) is 0.267. The van der Waals surface area contributed by atoms with Crippen molar-refractivity contribution in [1.29, 1.82) is 0 Å². The molecule has 0 saturated heterocycles. The Morgan fingerprint density at radius 2 is 1.92 bits per heavy atom. The lowest BCUT2D eigenvalue weighted by molar-refractivity contribution is -0.146. The predicted octanol–water partition coefficient (Wildman–Crippen LogP) is 3.27. The van der Waals surface area contributed by atoms with E-state index in [4.69, 9.17) is 27.9 Å². The number of aliphatic carboxylic acids is 1. The first-order chi connectivity index (χ1) is 11.2. The van der Waals surface area contributed by atoms with Crippen molar-refractivity contribution in [3.63, 3.8) is 0 Å². The number of hydrogen-bond acceptors (Lipinski definition) is 4. The highest BCUT2D eigenvalue weighted by molar-refractivity contribution is 6.42. The van der Waals surface area contributed by atoms with Crippen LogP contribution in [0.2, 0.25) is 10.0 Å². The van der Waals surface area contributed by atoms with Gasteiger partial charge in [0.25, 0.3) is 5.91 Å². The highest BCUT2D eigenvalue weighted by atomic mass is 35.5. The van der Waals surface area contributed by atoms with Crippen LogP contribution in [0.1, 0.15) is 24.2 Å². The van der Waals surface area contributed by atoms with Gasteiger partial charge in [-0.3, -0.25) is 9.48 Å². The molecule has 1 amide bonds. The van der Waals surface area contributed by atoms with Crippen LogP contribution in [0.15, 0.2) is 24.5 Å². The number of carboxylic acids is 1. The van der Waals surface area contributed by atoms with E-state index in [1.807, 2.05) is 0 Å². The molecular formula is C15H15Cl2N3O4. The van der Waals surface area contributed by atoms with Gasteiger partial charge in [0.1, 0.15) is 5.75 Å². The molecule has 2 aromatic rings. The molecule has 128 valence electrons. The van der Waals surface area contributed by atoms with Crippen molar-refractivity contribution >= 4 is 40.8 Å². The summed E-state index contributed by atoms with van der Waals surface area (Å²) in [6, 6.07) is 2.83. The second kappa shape index (κ2) is 6.70. The molecule has 0 unspecified atom stereocenters. The van der Waals surface area contributed by atoms with E-state index in [9.17, 15) is 14.7 Å². The van der Waals surface area contributed by atoms with Crippen LogP contribution in [-0.4, -0.2) is 33.9 Å². The van der Waals surface area contributed by atoms with Crippen LogP contribution in [0.25, 0.3) is 0 Å². The van der Waals surface area contributed by atoms with Crippen molar-refractivity contribution in [2.24, 2.45) is 0 Å². The molecular weight excluding hydrogens is 357 g/mol. The van der Waals surface area contributed by atoms with E-state index in [0.29, 0.717) is 5.69 Å². The summed E-state index contributed by atoms with van der Waals surface area (Å²) in [6.07, 6.45) is 2.78. The molecule has 9 heteroatoms. The summed E-state index contributed by atoms with van der Waals surface area (Å²) in [5.74, 6) is -1.27. The van der Waals surface area contributed by atoms with E-state index in [1.54, 1.807) is 0 Å². The molecule has 0 saturated carbocycles. The Labute approximate surface area is 148 Å². The minimum atomic E-state index is -1.25. The molecule has 0 atom stereocenters. The van der Waals surface area contributed by atoms with Gasteiger partial charge in [0.15, 0.2) is 5.54 Å². The number of nitrogens with one attached hydrogen (secondary N) is 1. The molecule has 0 aliphatic carbocycles. The molecule has 7 nitrogen and oxygen atoms in total. The summed E-state index contributed by atoms with van der Waals surface area (Å²) in [6.45, 7) is 2.99. The topological polar surface area (TPSA) is 93.5 Å². The zero-order chi connectivity index (χ0) is 18.1. The van der Waals surface area contributed by atoms with Gasteiger partial charge in [0.2, 0.25) is 0 Å². The van der Waals surface area contributed by atoms with Crippen molar-refractivity contribution in [1.82, 2.24) is 9.78 Å². The van der Waals surface area contributed by atoms with Crippen LogP contribution in [0.3, 0.4) is 0 Å². The van der Waals surface area contributed by atoms with Gasteiger partial charge in [-0.25, -0.2) is 4.79 Å². The van der Waals surface area contributed by atoms with Gasteiger partial charge in [-0.2, -0.15) is 5.10 Å². The van der Waals surface area contributed by atoms with E-state index < -0.39 is 17.4 Å². The molecule has 2 rings (SSSR count). The van der Waals surface area contributed by atoms with Crippen LogP contribution in [0.4, 0.5) is 5.69 Å². The molecule has 0 fully saturated rings. The molecule has 0 aliphatic rings. The number of benzene rings is 1. The van der Waals surface area contributed by atoms with Gasteiger partial charge in [-0.15, -0.1) is 0 Å². The Kier molecular flexibility index (Phi) is 5.05. The number of nitrogens with zero attached hydrogens (tertiary/aromatic N) is 2. The number of carbonyl (C=O) groups excluding carboxylic acids is 1. The van der Waals surface area contributed by atoms with Crippen LogP contribution < -0.4 is 10.1 Å². The average molecular weight is 372 g/mol. The maximum Gasteiger partial charge on any atom is 0.331 e. The minimum Gasteiger partial charge on any atom is -0.496 e. The number of aromatic nitrogens is 2. The first kappa shape index (κ1) is 18.1. The maximum atomic E-state index is 12.4. The Morgan fingerprint density at radius 3 is 2.50 bits per heavy atom. The fourth-order valence-electron chi connectivity index (χ4n) is 1.86. The second-order valence-electron chi connectivity index (χ2n) is 5.46. The van der Waals surface area contributed by atoms with Crippen LogP contribution in [-0.2, 0) is 10.3 Å². The highest BCUT2D eigenvalue weighted by Gasteiger charge is 2.30. The molecule has 0 bridgehead atoms. The van der Waals surface area contributed by atoms with Crippen molar-refractivity contribution in [2.45, 2.75) is 19.4 Å². The average Bonchev–Trinajstić information content (AvgIpc) is 2.98. The number of carbonyl (C=O) groups is 2. The number of carboxylic acid groups (broad SMARTS) is 1. The van der Waals surface area contributed by atoms with Crippen LogP contribution in [0, 0.1) is 0 Å². The zero-order valence-electron chi connectivity index (χ0n) is 13.1. The number of rotatable bonds is 5. The minimum absolute atomic E-state index is 0.192. The zero-order valence-corrected chi connectivity index (χ0v) is 14.6. The van der Waals surface area contributed by atoms with Gasteiger partial charge in [0, 0.05) is 12.3 Å². The van der Waals surface area contributed by atoms with E-state index in [1.165, 1.54) is 50.2 Å². The van der Waals surface area contributed by atoms with Gasteiger partial charge in [0.05, 0.1) is 34.6 Å². The summed E-state index contributed by atoms with van der Waals surface area (Å²) in [7, 11) is 1.41. The molecule has 1 heterocycles. The number of amides is 1. The monoisotopic (exact) mass is 371 g/mol. The molecule has 0 aliphatic heterocycles. The summed E-state index contributed by atoms with van der Waals surface area (Å²) in [5, 5.41) is 16.3. The summed E-state index contributed by atoms with van der Waals surface area (Å²) in [4.78, 5) is 23.6. The SMILES string of the molecule is COc1cc(Cl)c(Cl)cc1C(=O)Nc1cnn(C(C)(C)C(=O)O)c1. The normalized spacial score (nSPS) is 11.2. The fourth-order valence-corrected chi connectivity index (χ4v) is 2.18. The van der Waals surface area contributed by atoms with E-state index >= 15 is 0 Å². The first-order valence-electron chi connectivity index (χ1n) is 6.79. The largest absolute Gasteiger partial charge is 0.496 e. The van der Waals surface area contributed by atoms with Gasteiger partial charge in [-0.05, 0) is 19.9 Å². The first-order valence-corrected chi connectivity index (χ1v) is 7.55. The number of methoxy groups -OCH3 is 1. The number of ether oxygens (including phenoxy) is 1. The Bertz CT molecular complexity index is 802. The van der Waals surface area contributed by atoms with Gasteiger partial charge in [-0.1, -0.05) is 23.2 Å². The summed E-state index contributed by atoms with van der Waals surface area (Å²) < 4.78 is 6.38. The highest BCUT2D eigenvalue weighted by Crippen LogP contribution is 2.31. The molecule has 1 aromatic heterocycles. The number of anilines is 1. The van der Waals surface area contributed by atoms with Gasteiger partial charge < -0.3 is 15.2 Å². The van der Waals surface area contributed by atoms with Gasteiger partial charge >= 0.3 is 5.97 Å². The Morgan fingerprint density at radius 1 is 1.29 bits per heavy atom. The van der Waals surface area contributed by atoms with Crippen LogP contribution in [0.5, 0.6) is 5.75 Å². The number of hydrogen-bond donors (Lipinski definition) is 2. The number of halogens is 2. The van der Waals surface area contributed by atoms with Crippen molar-refractivity contribution in [2.75, 3.05) is 12.4 Å². The van der Waals surface area contributed by atoms with E-state index in [-0.39, 0.29) is 21.4 Å². The maximum absolute atomic E-state index is 12.4. The Balaban J connectivity index is 2.27. The third-order valence-electron chi connectivity index (χ3n) is 3.42. The lowest BCUT2D eigenvalue weighted by Gasteiger charge is -2.19.